The lowest BCUT2D eigenvalue weighted by Crippen LogP contribution is -2.03. The largest absolute Gasteiger partial charge is 0.486 e. The van der Waals surface area contributed by atoms with Gasteiger partial charge in [0.15, 0.2) is 5.76 Å². The van der Waals surface area contributed by atoms with E-state index in [1.165, 1.54) is 18.2 Å². The highest BCUT2D eigenvalue weighted by Crippen LogP contribution is 2.27. The van der Waals surface area contributed by atoms with Gasteiger partial charge in [-0.1, -0.05) is 24.3 Å². The number of rotatable bonds is 4. The Morgan fingerprint density at radius 2 is 2.00 bits per heavy atom. The first-order valence-corrected chi connectivity index (χ1v) is 6.27. The molecule has 0 spiro atoms. The van der Waals surface area contributed by atoms with Crippen LogP contribution in [0.5, 0.6) is 5.75 Å². The van der Waals surface area contributed by atoms with Gasteiger partial charge in [-0.05, 0) is 18.2 Å². The molecule has 0 bridgehead atoms. The third-order valence-electron chi connectivity index (χ3n) is 3.05. The van der Waals surface area contributed by atoms with Crippen molar-refractivity contribution in [3.8, 4) is 5.75 Å². The molecule has 21 heavy (non-hydrogen) atoms. The molecule has 0 aliphatic heterocycles. The minimum Gasteiger partial charge on any atom is -0.486 e. The summed E-state index contributed by atoms with van der Waals surface area (Å²) in [7, 11) is 0. The number of furan rings is 1. The molecule has 0 unspecified atom stereocenters. The number of para-hydroxylation sites is 1. The molecule has 106 valence electrons. The van der Waals surface area contributed by atoms with Crippen molar-refractivity contribution < 1.29 is 23.4 Å². The molecule has 2 aromatic carbocycles. The second-order valence-electron chi connectivity index (χ2n) is 4.45. The van der Waals surface area contributed by atoms with Crippen LogP contribution in [0.2, 0.25) is 0 Å². The van der Waals surface area contributed by atoms with Crippen molar-refractivity contribution in [3.05, 3.63) is 65.7 Å². The zero-order chi connectivity index (χ0) is 14.8. The zero-order valence-electron chi connectivity index (χ0n) is 10.9. The third kappa shape index (κ3) is 2.58. The third-order valence-corrected chi connectivity index (χ3v) is 3.05. The Morgan fingerprint density at radius 1 is 1.19 bits per heavy atom. The van der Waals surface area contributed by atoms with Crippen LogP contribution in [0.3, 0.4) is 0 Å². The summed E-state index contributed by atoms with van der Waals surface area (Å²) in [5.74, 6) is -0.992. The van der Waals surface area contributed by atoms with Crippen LogP contribution in [-0.2, 0) is 6.61 Å². The second kappa shape index (κ2) is 5.28. The van der Waals surface area contributed by atoms with E-state index in [1.54, 1.807) is 30.3 Å². The van der Waals surface area contributed by atoms with Crippen molar-refractivity contribution in [2.45, 2.75) is 6.61 Å². The summed E-state index contributed by atoms with van der Waals surface area (Å²) in [5, 5.41) is 9.83. The van der Waals surface area contributed by atoms with E-state index in [0.29, 0.717) is 16.7 Å². The molecule has 0 fully saturated rings. The molecular formula is C16H11FO4. The number of hydrogen-bond acceptors (Lipinski definition) is 3. The highest BCUT2D eigenvalue weighted by Gasteiger charge is 2.20. The van der Waals surface area contributed by atoms with Crippen molar-refractivity contribution in [3.63, 3.8) is 0 Å². The number of carbonyl (C=O) groups is 1. The molecule has 1 aromatic heterocycles. The molecule has 0 radical (unpaired) electrons. The number of fused-ring (bicyclic) bond motifs is 1. The minimum atomic E-state index is -1.09. The SMILES string of the molecule is O=C(O)c1c(COc2cccc(F)c2)oc2ccccc12. The summed E-state index contributed by atoms with van der Waals surface area (Å²) in [4.78, 5) is 11.4. The number of aromatic carboxylic acids is 1. The topological polar surface area (TPSA) is 59.7 Å². The Bertz CT molecular complexity index is 807. The number of halogens is 1. The Labute approximate surface area is 119 Å². The van der Waals surface area contributed by atoms with Gasteiger partial charge < -0.3 is 14.3 Å². The standard InChI is InChI=1S/C16H11FO4/c17-10-4-3-5-11(8-10)20-9-14-15(16(18)19)12-6-1-2-7-13(12)21-14/h1-8H,9H2,(H,18,19). The first-order valence-electron chi connectivity index (χ1n) is 6.27. The summed E-state index contributed by atoms with van der Waals surface area (Å²) < 4.78 is 24.0. The highest BCUT2D eigenvalue weighted by atomic mass is 19.1. The molecular weight excluding hydrogens is 275 g/mol. The predicted octanol–water partition coefficient (Wildman–Crippen LogP) is 3.85. The van der Waals surface area contributed by atoms with Crippen LogP contribution in [0, 0.1) is 5.82 Å². The molecule has 0 aliphatic rings. The van der Waals surface area contributed by atoms with Gasteiger partial charge in [0.25, 0.3) is 0 Å². The normalized spacial score (nSPS) is 10.7. The monoisotopic (exact) mass is 286 g/mol. The second-order valence-corrected chi connectivity index (χ2v) is 4.45. The van der Waals surface area contributed by atoms with Gasteiger partial charge in [-0.2, -0.15) is 0 Å². The Balaban J connectivity index is 1.93. The summed E-state index contributed by atoms with van der Waals surface area (Å²) >= 11 is 0. The van der Waals surface area contributed by atoms with Gasteiger partial charge in [-0.3, -0.25) is 0 Å². The quantitative estimate of drug-likeness (QED) is 0.791. The van der Waals surface area contributed by atoms with Crippen molar-refractivity contribution in [1.29, 1.82) is 0 Å². The summed E-state index contributed by atoms with van der Waals surface area (Å²) in [6.07, 6.45) is 0. The van der Waals surface area contributed by atoms with Gasteiger partial charge in [0.1, 0.15) is 29.3 Å². The average molecular weight is 286 g/mol. The van der Waals surface area contributed by atoms with Gasteiger partial charge in [0.2, 0.25) is 0 Å². The Morgan fingerprint density at radius 3 is 2.76 bits per heavy atom. The van der Waals surface area contributed by atoms with Crippen molar-refractivity contribution in [1.82, 2.24) is 0 Å². The smallest absolute Gasteiger partial charge is 0.340 e. The van der Waals surface area contributed by atoms with Crippen LogP contribution >= 0.6 is 0 Å². The lowest BCUT2D eigenvalue weighted by Gasteiger charge is -2.04. The van der Waals surface area contributed by atoms with E-state index in [0.717, 1.165) is 0 Å². The molecule has 3 rings (SSSR count). The highest BCUT2D eigenvalue weighted by molar-refractivity contribution is 6.03. The van der Waals surface area contributed by atoms with Crippen molar-refractivity contribution in [2.24, 2.45) is 0 Å². The van der Waals surface area contributed by atoms with Crippen molar-refractivity contribution in [2.75, 3.05) is 0 Å². The van der Waals surface area contributed by atoms with Gasteiger partial charge in [-0.25, -0.2) is 9.18 Å². The molecule has 4 nitrogen and oxygen atoms in total. The minimum absolute atomic E-state index is 0.0713. The average Bonchev–Trinajstić information content (AvgIpc) is 2.83. The molecule has 1 heterocycles. The lowest BCUT2D eigenvalue weighted by atomic mass is 10.1. The molecule has 0 aliphatic carbocycles. The van der Waals surface area contributed by atoms with Crippen LogP contribution in [0.1, 0.15) is 16.1 Å². The Hall–Kier alpha value is -2.82. The van der Waals surface area contributed by atoms with E-state index in [4.69, 9.17) is 9.15 Å². The molecule has 0 atom stereocenters. The van der Waals surface area contributed by atoms with E-state index >= 15 is 0 Å². The molecule has 5 heteroatoms. The maximum atomic E-state index is 13.1. The summed E-state index contributed by atoms with van der Waals surface area (Å²) in [5.41, 5.74) is 0.551. The van der Waals surface area contributed by atoms with Crippen LogP contribution in [0.25, 0.3) is 11.0 Å². The fourth-order valence-corrected chi connectivity index (χ4v) is 2.14. The summed E-state index contributed by atoms with van der Waals surface area (Å²) in [6, 6.07) is 12.5. The van der Waals surface area contributed by atoms with E-state index in [2.05, 4.69) is 0 Å². The van der Waals surface area contributed by atoms with Crippen LogP contribution in [-0.4, -0.2) is 11.1 Å². The number of ether oxygens (including phenoxy) is 1. The number of hydrogen-bond donors (Lipinski definition) is 1. The van der Waals surface area contributed by atoms with Crippen molar-refractivity contribution >= 4 is 16.9 Å². The zero-order valence-corrected chi connectivity index (χ0v) is 10.9. The van der Waals surface area contributed by atoms with Gasteiger partial charge >= 0.3 is 5.97 Å². The molecule has 1 N–H and O–H groups in total. The lowest BCUT2D eigenvalue weighted by molar-refractivity contribution is 0.0693. The van der Waals surface area contributed by atoms with Gasteiger partial charge in [0, 0.05) is 11.5 Å². The van der Waals surface area contributed by atoms with Gasteiger partial charge in [-0.15, -0.1) is 0 Å². The maximum Gasteiger partial charge on any atom is 0.340 e. The molecule has 0 saturated carbocycles. The predicted molar refractivity (Wildman–Crippen MR) is 73.9 cm³/mol. The van der Waals surface area contributed by atoms with E-state index in [1.807, 2.05) is 0 Å². The Kier molecular flexibility index (Phi) is 3.31. The van der Waals surface area contributed by atoms with Crippen LogP contribution < -0.4 is 4.74 Å². The van der Waals surface area contributed by atoms with E-state index in [-0.39, 0.29) is 17.9 Å². The van der Waals surface area contributed by atoms with Gasteiger partial charge in [0.05, 0.1) is 0 Å². The van der Waals surface area contributed by atoms with E-state index in [9.17, 15) is 14.3 Å². The fourth-order valence-electron chi connectivity index (χ4n) is 2.14. The fraction of sp³-hybridized carbons (Fsp3) is 0.0625. The molecule has 3 aromatic rings. The number of carboxylic acid groups (broad SMARTS) is 1. The molecule has 0 saturated heterocycles. The first kappa shape index (κ1) is 13.2. The maximum absolute atomic E-state index is 13.1. The van der Waals surface area contributed by atoms with Crippen LogP contribution in [0.15, 0.2) is 52.9 Å². The first-order chi connectivity index (χ1) is 10.1. The molecule has 0 amide bonds. The summed E-state index contributed by atoms with van der Waals surface area (Å²) in [6.45, 7) is -0.0836. The van der Waals surface area contributed by atoms with Crippen LogP contribution in [0.4, 0.5) is 4.39 Å². The number of carboxylic acids is 1. The number of benzene rings is 2. The van der Waals surface area contributed by atoms with E-state index < -0.39 is 11.8 Å².